The zero-order valence-corrected chi connectivity index (χ0v) is 20.1. The maximum absolute atomic E-state index is 12.9. The fourth-order valence-corrected chi connectivity index (χ4v) is 3.93. The van der Waals surface area contributed by atoms with Crippen molar-refractivity contribution >= 4 is 29.5 Å². The maximum atomic E-state index is 12.9. The molecule has 0 radical (unpaired) electrons. The van der Waals surface area contributed by atoms with E-state index in [1.165, 1.54) is 0 Å². The summed E-state index contributed by atoms with van der Waals surface area (Å²) in [5, 5.41) is 14.7. The molecule has 3 N–H and O–H groups in total. The van der Waals surface area contributed by atoms with E-state index in [9.17, 15) is 14.4 Å². The Morgan fingerprint density at radius 1 is 1.15 bits per heavy atom. The molecule has 0 saturated carbocycles. The van der Waals surface area contributed by atoms with E-state index < -0.39 is 12.0 Å². The summed E-state index contributed by atoms with van der Waals surface area (Å²) in [7, 11) is 0. The molecule has 0 aliphatic heterocycles. The summed E-state index contributed by atoms with van der Waals surface area (Å²) >= 11 is 1.63. The lowest BCUT2D eigenvalue weighted by Crippen LogP contribution is -2.45. The van der Waals surface area contributed by atoms with Gasteiger partial charge in [-0.3, -0.25) is 14.4 Å². The number of aliphatic hydroxyl groups is 1. The average molecular weight is 477 g/mol. The van der Waals surface area contributed by atoms with Crippen LogP contribution in [0.15, 0.2) is 55.6 Å². The largest absolute Gasteiger partial charge is 0.463 e. The van der Waals surface area contributed by atoms with E-state index in [4.69, 9.17) is 9.84 Å². The third-order valence-corrected chi connectivity index (χ3v) is 5.89. The Bertz CT molecular complexity index is 756. The molecule has 0 unspecified atom stereocenters. The first-order chi connectivity index (χ1) is 15.9. The molecule has 0 spiro atoms. The minimum absolute atomic E-state index is 0.0226. The molecule has 0 saturated heterocycles. The van der Waals surface area contributed by atoms with Gasteiger partial charge in [-0.25, -0.2) is 0 Å². The zero-order chi connectivity index (χ0) is 24.5. The van der Waals surface area contributed by atoms with E-state index in [0.717, 1.165) is 11.3 Å². The molecule has 33 heavy (non-hydrogen) atoms. The van der Waals surface area contributed by atoms with Crippen molar-refractivity contribution in [2.75, 3.05) is 19.0 Å². The first-order valence-electron chi connectivity index (χ1n) is 11.1. The van der Waals surface area contributed by atoms with Crippen LogP contribution in [0.2, 0.25) is 0 Å². The van der Waals surface area contributed by atoms with Crippen molar-refractivity contribution in [2.24, 2.45) is 5.92 Å². The smallest absolute Gasteiger partial charge is 0.306 e. The molecule has 7 nitrogen and oxygen atoms in total. The molecular formula is C25H36N2O5S. The second kappa shape index (κ2) is 17.0. The van der Waals surface area contributed by atoms with E-state index in [0.29, 0.717) is 18.6 Å². The molecule has 2 amide bonds. The number of allylic oxidation sites excluding steroid dienone is 2. The Balaban J connectivity index is 2.73. The van der Waals surface area contributed by atoms with Crippen LogP contribution in [0, 0.1) is 5.92 Å². The predicted octanol–water partition coefficient (Wildman–Crippen LogP) is 2.99. The summed E-state index contributed by atoms with van der Waals surface area (Å²) < 4.78 is 5.36. The number of aliphatic hydroxyl groups excluding tert-OH is 1. The first-order valence-corrected chi connectivity index (χ1v) is 12.2. The highest BCUT2D eigenvalue weighted by Gasteiger charge is 2.24. The van der Waals surface area contributed by atoms with Crippen molar-refractivity contribution in [2.45, 2.75) is 50.4 Å². The van der Waals surface area contributed by atoms with Gasteiger partial charge in [0.25, 0.3) is 0 Å². The standard InChI is InChI=1S/C25H36N2O5S/c1-4-6-13-24(30)32-16-22(18-33-17-20-11-8-7-9-12-20)27-25(31)21(10-5-2)14-23(29)26-19(3)15-28/h4-5,7-9,11-12,19,21-22,28H,1-2,6,10,13-18H2,3H3,(H,26,29)(H,27,31)/t19-,21+,22+/m0/s1. The molecule has 3 atom stereocenters. The lowest BCUT2D eigenvalue weighted by molar-refractivity contribution is -0.145. The molecule has 0 aromatic heterocycles. The first kappa shape index (κ1) is 28.5. The lowest BCUT2D eigenvalue weighted by atomic mass is 9.99. The Morgan fingerprint density at radius 3 is 2.52 bits per heavy atom. The number of ether oxygens (including phenoxy) is 1. The van der Waals surface area contributed by atoms with E-state index >= 15 is 0 Å². The van der Waals surface area contributed by atoms with Crippen LogP contribution in [0.3, 0.4) is 0 Å². The third kappa shape index (κ3) is 12.9. The van der Waals surface area contributed by atoms with Crippen LogP contribution in [-0.4, -0.2) is 53.9 Å². The summed E-state index contributed by atoms with van der Waals surface area (Å²) in [4.78, 5) is 37.1. The van der Waals surface area contributed by atoms with Crippen molar-refractivity contribution in [3.63, 3.8) is 0 Å². The number of rotatable bonds is 17. The highest BCUT2D eigenvalue weighted by atomic mass is 32.2. The number of hydrogen-bond donors (Lipinski definition) is 3. The second-order valence-corrected chi connectivity index (χ2v) is 8.82. The fourth-order valence-electron chi connectivity index (χ4n) is 2.92. The van der Waals surface area contributed by atoms with E-state index in [1.807, 2.05) is 30.3 Å². The number of carbonyl (C=O) groups is 3. The van der Waals surface area contributed by atoms with Gasteiger partial charge in [-0.05, 0) is 25.3 Å². The Morgan fingerprint density at radius 2 is 1.88 bits per heavy atom. The van der Waals surface area contributed by atoms with Crippen LogP contribution < -0.4 is 10.6 Å². The molecule has 0 fully saturated rings. The van der Waals surface area contributed by atoms with Crippen molar-refractivity contribution in [3.8, 4) is 0 Å². The van der Waals surface area contributed by atoms with Crippen molar-refractivity contribution < 1.29 is 24.2 Å². The van der Waals surface area contributed by atoms with Gasteiger partial charge in [0.2, 0.25) is 11.8 Å². The molecule has 0 bridgehead atoms. The molecule has 1 aromatic rings. The van der Waals surface area contributed by atoms with Gasteiger partial charge in [0, 0.05) is 30.4 Å². The SMILES string of the molecule is C=CCCC(=O)OC[C@H](CSCc1ccccc1)NC(=O)[C@H](CC=C)CC(=O)N[C@@H](C)CO. The number of nitrogens with one attached hydrogen (secondary N) is 2. The van der Waals surface area contributed by atoms with Crippen molar-refractivity contribution in [1.82, 2.24) is 10.6 Å². The highest BCUT2D eigenvalue weighted by molar-refractivity contribution is 7.98. The Hall–Kier alpha value is -2.58. The topological polar surface area (TPSA) is 105 Å². The van der Waals surface area contributed by atoms with Crippen LogP contribution in [0.5, 0.6) is 0 Å². The van der Waals surface area contributed by atoms with Gasteiger partial charge >= 0.3 is 5.97 Å². The van der Waals surface area contributed by atoms with Gasteiger partial charge < -0.3 is 20.5 Å². The molecule has 1 rings (SSSR count). The van der Waals surface area contributed by atoms with Crippen LogP contribution in [0.25, 0.3) is 0 Å². The second-order valence-electron chi connectivity index (χ2n) is 7.79. The Kier molecular flexibility index (Phi) is 14.6. The molecule has 0 aliphatic carbocycles. The van der Waals surface area contributed by atoms with E-state index in [2.05, 4.69) is 23.8 Å². The monoisotopic (exact) mass is 476 g/mol. The Labute approximate surface area is 201 Å². The van der Waals surface area contributed by atoms with Gasteiger partial charge in [-0.1, -0.05) is 42.5 Å². The lowest BCUT2D eigenvalue weighted by Gasteiger charge is -2.22. The maximum Gasteiger partial charge on any atom is 0.306 e. The highest BCUT2D eigenvalue weighted by Crippen LogP contribution is 2.15. The summed E-state index contributed by atoms with van der Waals surface area (Å²) in [6, 6.07) is 9.17. The predicted molar refractivity (Wildman–Crippen MR) is 133 cm³/mol. The number of benzene rings is 1. The van der Waals surface area contributed by atoms with E-state index in [1.54, 1.807) is 30.8 Å². The average Bonchev–Trinajstić information content (AvgIpc) is 2.81. The van der Waals surface area contributed by atoms with Crippen LogP contribution in [0.1, 0.15) is 38.2 Å². The quantitative estimate of drug-likeness (QED) is 0.236. The zero-order valence-electron chi connectivity index (χ0n) is 19.3. The minimum atomic E-state index is -0.605. The third-order valence-electron chi connectivity index (χ3n) is 4.71. The fraction of sp³-hybridized carbons (Fsp3) is 0.480. The number of hydrogen-bond acceptors (Lipinski definition) is 6. The summed E-state index contributed by atoms with van der Waals surface area (Å²) in [6.07, 6.45) is 4.33. The minimum Gasteiger partial charge on any atom is -0.463 e. The summed E-state index contributed by atoms with van der Waals surface area (Å²) in [5.41, 5.74) is 1.16. The van der Waals surface area contributed by atoms with Gasteiger partial charge in [0.05, 0.1) is 18.6 Å². The van der Waals surface area contributed by atoms with Crippen molar-refractivity contribution in [3.05, 3.63) is 61.2 Å². The number of esters is 1. The van der Waals surface area contributed by atoms with Gasteiger partial charge in [0.1, 0.15) is 6.61 Å². The molecule has 8 heteroatoms. The summed E-state index contributed by atoms with van der Waals surface area (Å²) in [6.45, 7) is 8.84. The van der Waals surface area contributed by atoms with Crippen LogP contribution in [0.4, 0.5) is 0 Å². The normalized spacial score (nSPS) is 13.3. The van der Waals surface area contributed by atoms with Gasteiger partial charge in [0.15, 0.2) is 0 Å². The molecule has 0 aliphatic rings. The van der Waals surface area contributed by atoms with Crippen LogP contribution >= 0.6 is 11.8 Å². The molecular weight excluding hydrogens is 440 g/mol. The van der Waals surface area contributed by atoms with E-state index in [-0.39, 0.29) is 49.9 Å². The van der Waals surface area contributed by atoms with Gasteiger partial charge in [-0.15, -0.1) is 13.2 Å². The molecule has 182 valence electrons. The number of thioether (sulfide) groups is 1. The number of carbonyl (C=O) groups excluding carboxylic acids is 3. The molecule has 1 aromatic carbocycles. The molecule has 0 heterocycles. The van der Waals surface area contributed by atoms with Crippen molar-refractivity contribution in [1.29, 1.82) is 0 Å². The van der Waals surface area contributed by atoms with Crippen LogP contribution in [-0.2, 0) is 24.9 Å². The summed E-state index contributed by atoms with van der Waals surface area (Å²) in [5.74, 6) is -0.258. The van der Waals surface area contributed by atoms with Gasteiger partial charge in [-0.2, -0.15) is 11.8 Å². The number of amides is 2.